The molecule has 0 aromatic carbocycles. The van der Waals surface area contributed by atoms with Crippen molar-refractivity contribution in [1.29, 1.82) is 0 Å². The highest BCUT2D eigenvalue weighted by atomic mass is 35.5. The number of rotatable bonds is 2. The van der Waals surface area contributed by atoms with E-state index in [1.165, 1.54) is 0 Å². The van der Waals surface area contributed by atoms with Crippen LogP contribution in [0.4, 0.5) is 19.0 Å². The summed E-state index contributed by atoms with van der Waals surface area (Å²) in [6.07, 6.45) is -1.18. The number of nitrogens with zero attached hydrogens (tertiary/aromatic N) is 2. The normalized spacial score (nSPS) is 23.0. The number of hydrogen-bond acceptors (Lipinski definition) is 4. The molecule has 0 bridgehead atoms. The summed E-state index contributed by atoms with van der Waals surface area (Å²) < 4.78 is 37.1. The average molecular weight is 317 g/mol. The van der Waals surface area contributed by atoms with E-state index in [1.54, 1.807) is 0 Å². The van der Waals surface area contributed by atoms with Crippen molar-refractivity contribution in [2.24, 2.45) is 5.73 Å². The third kappa shape index (κ3) is 3.84. The Kier molecular flexibility index (Phi) is 5.23. The molecule has 0 spiro atoms. The van der Waals surface area contributed by atoms with Gasteiger partial charge in [-0.25, -0.2) is 9.97 Å². The highest BCUT2D eigenvalue weighted by Crippen LogP contribution is 2.30. The molecular formula is C10H13Cl2F3N4. The van der Waals surface area contributed by atoms with Gasteiger partial charge in [-0.3, -0.25) is 0 Å². The summed E-state index contributed by atoms with van der Waals surface area (Å²) in [7, 11) is 0. The number of halogens is 5. The van der Waals surface area contributed by atoms with Crippen LogP contribution in [-0.2, 0) is 6.18 Å². The van der Waals surface area contributed by atoms with Gasteiger partial charge in [0.05, 0.1) is 6.20 Å². The Balaban J connectivity index is 0.00000180. The molecule has 1 saturated carbocycles. The van der Waals surface area contributed by atoms with E-state index in [0.717, 1.165) is 19.3 Å². The summed E-state index contributed by atoms with van der Waals surface area (Å²) in [6.45, 7) is 0. The molecule has 0 amide bonds. The van der Waals surface area contributed by atoms with Gasteiger partial charge in [0.25, 0.3) is 0 Å². The molecule has 0 saturated heterocycles. The molecule has 9 heteroatoms. The van der Waals surface area contributed by atoms with Gasteiger partial charge in [-0.05, 0) is 19.3 Å². The zero-order valence-electron chi connectivity index (χ0n) is 9.75. The summed E-state index contributed by atoms with van der Waals surface area (Å²) in [5.41, 5.74) is 4.74. The number of alkyl halides is 3. The van der Waals surface area contributed by atoms with Crippen LogP contribution in [0.15, 0.2) is 6.20 Å². The molecule has 1 aromatic rings. The lowest BCUT2D eigenvalue weighted by Gasteiger charge is -2.18. The molecule has 1 aliphatic rings. The van der Waals surface area contributed by atoms with Gasteiger partial charge in [0.2, 0.25) is 0 Å². The van der Waals surface area contributed by atoms with E-state index in [9.17, 15) is 13.2 Å². The molecule has 108 valence electrons. The topological polar surface area (TPSA) is 63.8 Å². The second-order valence-electron chi connectivity index (χ2n) is 4.24. The summed E-state index contributed by atoms with van der Waals surface area (Å²) in [5, 5.41) is 2.65. The van der Waals surface area contributed by atoms with Gasteiger partial charge >= 0.3 is 6.18 Å². The number of hydrogen-bond donors (Lipinski definition) is 2. The zero-order valence-corrected chi connectivity index (χ0v) is 11.3. The van der Waals surface area contributed by atoms with Crippen molar-refractivity contribution in [3.63, 3.8) is 0 Å². The van der Waals surface area contributed by atoms with Gasteiger partial charge in [-0.15, -0.1) is 12.4 Å². The molecule has 1 fully saturated rings. The number of anilines is 1. The first-order valence-electron chi connectivity index (χ1n) is 5.50. The third-order valence-corrected chi connectivity index (χ3v) is 3.18. The molecule has 1 aromatic heterocycles. The first kappa shape index (κ1) is 16.3. The van der Waals surface area contributed by atoms with Crippen LogP contribution >= 0.6 is 24.0 Å². The molecule has 1 aliphatic carbocycles. The fraction of sp³-hybridized carbons (Fsp3) is 0.600. The standard InChI is InChI=1S/C10H12ClF3N4.ClH/c11-8-9(17-6-3-1-2-5(6)15)16-4-7(18-8)10(12,13)14;/h4-6H,1-3,15H2,(H,16,17);1H/t5-,6-;/m0./s1. The van der Waals surface area contributed by atoms with E-state index in [-0.39, 0.29) is 35.5 Å². The maximum absolute atomic E-state index is 12.4. The smallest absolute Gasteiger partial charge is 0.363 e. The monoisotopic (exact) mass is 316 g/mol. The summed E-state index contributed by atoms with van der Waals surface area (Å²) in [4.78, 5) is 6.95. The predicted octanol–water partition coefficient (Wildman–Crippen LogP) is 2.86. The van der Waals surface area contributed by atoms with Crippen LogP contribution in [-0.4, -0.2) is 22.1 Å². The van der Waals surface area contributed by atoms with Crippen molar-refractivity contribution in [3.05, 3.63) is 17.0 Å². The molecule has 0 aliphatic heterocycles. The predicted molar refractivity (Wildman–Crippen MR) is 68.5 cm³/mol. The Morgan fingerprint density at radius 1 is 1.37 bits per heavy atom. The van der Waals surface area contributed by atoms with Crippen LogP contribution in [0.5, 0.6) is 0 Å². The maximum Gasteiger partial charge on any atom is 0.434 e. The maximum atomic E-state index is 12.4. The second-order valence-corrected chi connectivity index (χ2v) is 4.60. The number of nitrogens with two attached hydrogens (primary N) is 1. The van der Waals surface area contributed by atoms with Crippen LogP contribution in [0, 0.1) is 0 Å². The Morgan fingerprint density at radius 2 is 2.05 bits per heavy atom. The molecule has 2 rings (SSSR count). The van der Waals surface area contributed by atoms with Crippen LogP contribution < -0.4 is 11.1 Å². The van der Waals surface area contributed by atoms with Crippen molar-refractivity contribution in [2.75, 3.05) is 5.32 Å². The quantitative estimate of drug-likeness (QED) is 0.880. The number of nitrogens with one attached hydrogen (secondary N) is 1. The van der Waals surface area contributed by atoms with Gasteiger partial charge in [0.1, 0.15) is 0 Å². The van der Waals surface area contributed by atoms with E-state index in [0.29, 0.717) is 6.20 Å². The van der Waals surface area contributed by atoms with Crippen molar-refractivity contribution >= 4 is 29.8 Å². The summed E-state index contributed by atoms with van der Waals surface area (Å²) in [6, 6.07) is -0.0568. The molecule has 4 nitrogen and oxygen atoms in total. The van der Waals surface area contributed by atoms with E-state index < -0.39 is 11.9 Å². The lowest BCUT2D eigenvalue weighted by molar-refractivity contribution is -0.141. The summed E-state index contributed by atoms with van der Waals surface area (Å²) >= 11 is 5.68. The van der Waals surface area contributed by atoms with E-state index in [4.69, 9.17) is 17.3 Å². The molecule has 1 heterocycles. The van der Waals surface area contributed by atoms with Crippen LogP contribution in [0.2, 0.25) is 5.15 Å². The fourth-order valence-electron chi connectivity index (χ4n) is 1.94. The second kappa shape index (κ2) is 6.11. The minimum Gasteiger partial charge on any atom is -0.363 e. The van der Waals surface area contributed by atoms with Crippen molar-refractivity contribution in [3.8, 4) is 0 Å². The minimum atomic E-state index is -4.54. The van der Waals surface area contributed by atoms with Crippen LogP contribution in [0.25, 0.3) is 0 Å². The van der Waals surface area contributed by atoms with E-state index in [2.05, 4.69) is 15.3 Å². The average Bonchev–Trinajstić information content (AvgIpc) is 2.66. The zero-order chi connectivity index (χ0) is 13.3. The molecule has 19 heavy (non-hydrogen) atoms. The Bertz CT molecular complexity index is 441. The van der Waals surface area contributed by atoms with Gasteiger partial charge < -0.3 is 11.1 Å². The van der Waals surface area contributed by atoms with Gasteiger partial charge in [0.15, 0.2) is 16.7 Å². The largest absolute Gasteiger partial charge is 0.434 e. The van der Waals surface area contributed by atoms with Gasteiger partial charge in [-0.2, -0.15) is 13.2 Å². The van der Waals surface area contributed by atoms with Gasteiger partial charge in [-0.1, -0.05) is 11.6 Å². The minimum absolute atomic E-state index is 0. The molecular weight excluding hydrogens is 304 g/mol. The van der Waals surface area contributed by atoms with Gasteiger partial charge in [0, 0.05) is 12.1 Å². The third-order valence-electron chi connectivity index (χ3n) is 2.91. The summed E-state index contributed by atoms with van der Waals surface area (Å²) in [5.74, 6) is 0.145. The lowest BCUT2D eigenvalue weighted by Crippen LogP contribution is -2.35. The fourth-order valence-corrected chi connectivity index (χ4v) is 2.14. The first-order chi connectivity index (χ1) is 8.38. The van der Waals surface area contributed by atoms with Crippen LogP contribution in [0.1, 0.15) is 25.0 Å². The Labute approximate surface area is 119 Å². The van der Waals surface area contributed by atoms with E-state index in [1.807, 2.05) is 0 Å². The van der Waals surface area contributed by atoms with Crippen LogP contribution in [0.3, 0.4) is 0 Å². The molecule has 2 atom stereocenters. The highest BCUT2D eigenvalue weighted by molar-refractivity contribution is 6.31. The Morgan fingerprint density at radius 3 is 2.53 bits per heavy atom. The lowest BCUT2D eigenvalue weighted by atomic mass is 10.2. The van der Waals surface area contributed by atoms with E-state index >= 15 is 0 Å². The molecule has 0 unspecified atom stereocenters. The number of aromatic nitrogens is 2. The SMILES string of the molecule is Cl.N[C@H]1CCC[C@@H]1Nc1ncc(C(F)(F)F)nc1Cl. The van der Waals surface area contributed by atoms with Crippen molar-refractivity contribution in [2.45, 2.75) is 37.5 Å². The first-order valence-corrected chi connectivity index (χ1v) is 5.87. The Hall–Kier alpha value is -0.790. The highest BCUT2D eigenvalue weighted by Gasteiger charge is 2.34. The van der Waals surface area contributed by atoms with Crippen molar-refractivity contribution < 1.29 is 13.2 Å². The molecule has 0 radical (unpaired) electrons. The molecule has 3 N–H and O–H groups in total. The van der Waals surface area contributed by atoms with Crippen molar-refractivity contribution in [1.82, 2.24) is 9.97 Å².